The van der Waals surface area contributed by atoms with Crippen molar-refractivity contribution in [2.24, 2.45) is 7.05 Å². The number of nitrogens with one attached hydrogen (secondary N) is 1. The predicted octanol–water partition coefficient (Wildman–Crippen LogP) is 0.560. The van der Waals surface area contributed by atoms with Gasteiger partial charge in [0.05, 0.1) is 6.04 Å². The molecule has 8 heteroatoms. The van der Waals surface area contributed by atoms with E-state index in [1.54, 1.807) is 30.7 Å². The largest absolute Gasteiger partial charge is 0.507 e. The number of aryl methyl sites for hydroxylation is 1. The van der Waals surface area contributed by atoms with Gasteiger partial charge in [-0.1, -0.05) is 12.1 Å². The highest BCUT2D eigenvalue weighted by atomic mass is 32.2. The van der Waals surface area contributed by atoms with Crippen LogP contribution < -0.4 is 4.72 Å². The van der Waals surface area contributed by atoms with Crippen LogP contribution in [0.25, 0.3) is 0 Å². The van der Waals surface area contributed by atoms with E-state index in [-0.39, 0.29) is 10.6 Å². The molecule has 0 aliphatic heterocycles. The fourth-order valence-electron chi connectivity index (χ4n) is 1.72. The van der Waals surface area contributed by atoms with Gasteiger partial charge in [0.15, 0.2) is 0 Å². The molecule has 2 rings (SSSR count). The molecule has 1 unspecified atom stereocenters. The Balaban J connectivity index is 2.28. The van der Waals surface area contributed by atoms with Gasteiger partial charge < -0.3 is 9.67 Å². The Hall–Kier alpha value is -1.93. The average molecular weight is 282 g/mol. The molecule has 7 nitrogen and oxygen atoms in total. The van der Waals surface area contributed by atoms with Gasteiger partial charge in [-0.15, -0.1) is 10.2 Å². The van der Waals surface area contributed by atoms with Gasteiger partial charge in [0.1, 0.15) is 22.8 Å². The summed E-state index contributed by atoms with van der Waals surface area (Å²) in [4.78, 5) is -0.163. The van der Waals surface area contributed by atoms with Crippen molar-refractivity contribution < 1.29 is 13.5 Å². The third kappa shape index (κ3) is 2.74. The molecule has 2 aromatic rings. The van der Waals surface area contributed by atoms with Gasteiger partial charge in [0.25, 0.3) is 0 Å². The van der Waals surface area contributed by atoms with Crippen molar-refractivity contribution in [2.75, 3.05) is 0 Å². The number of phenolic OH excluding ortho intramolecular Hbond substituents is 1. The SMILES string of the molecule is CC(NS(=O)(=O)c1ccccc1O)c1nncn1C. The Kier molecular flexibility index (Phi) is 3.54. The summed E-state index contributed by atoms with van der Waals surface area (Å²) < 4.78 is 28.4. The Labute approximate surface area is 111 Å². The number of nitrogens with zero attached hydrogens (tertiary/aromatic N) is 3. The summed E-state index contributed by atoms with van der Waals surface area (Å²) in [7, 11) is -2.09. The number of hydrogen-bond donors (Lipinski definition) is 2. The third-order valence-electron chi connectivity index (χ3n) is 2.62. The number of benzene rings is 1. The van der Waals surface area contributed by atoms with Crippen LogP contribution in [-0.2, 0) is 17.1 Å². The van der Waals surface area contributed by atoms with Crippen LogP contribution in [0.4, 0.5) is 0 Å². The van der Waals surface area contributed by atoms with Crippen molar-refractivity contribution in [1.29, 1.82) is 0 Å². The van der Waals surface area contributed by atoms with Gasteiger partial charge in [0, 0.05) is 7.05 Å². The first kappa shape index (κ1) is 13.5. The molecule has 102 valence electrons. The van der Waals surface area contributed by atoms with Crippen LogP contribution >= 0.6 is 0 Å². The maximum absolute atomic E-state index is 12.1. The highest BCUT2D eigenvalue weighted by Gasteiger charge is 2.23. The van der Waals surface area contributed by atoms with Crippen molar-refractivity contribution in [3.8, 4) is 5.75 Å². The minimum atomic E-state index is -3.81. The highest BCUT2D eigenvalue weighted by Crippen LogP contribution is 2.23. The van der Waals surface area contributed by atoms with Crippen LogP contribution in [0.15, 0.2) is 35.5 Å². The number of aromatic hydroxyl groups is 1. The van der Waals surface area contributed by atoms with Gasteiger partial charge in [-0.2, -0.15) is 0 Å². The lowest BCUT2D eigenvalue weighted by Crippen LogP contribution is -2.28. The molecule has 2 N–H and O–H groups in total. The predicted molar refractivity (Wildman–Crippen MR) is 67.8 cm³/mol. The molecular weight excluding hydrogens is 268 g/mol. The molecule has 0 amide bonds. The molecule has 0 radical (unpaired) electrons. The third-order valence-corrected chi connectivity index (χ3v) is 4.21. The molecule has 1 atom stereocenters. The summed E-state index contributed by atoms with van der Waals surface area (Å²) in [5, 5.41) is 17.1. The van der Waals surface area contributed by atoms with E-state index in [0.717, 1.165) is 0 Å². The van der Waals surface area contributed by atoms with Crippen LogP contribution in [0.3, 0.4) is 0 Å². The zero-order valence-corrected chi connectivity index (χ0v) is 11.3. The maximum Gasteiger partial charge on any atom is 0.244 e. The summed E-state index contributed by atoms with van der Waals surface area (Å²) in [6.07, 6.45) is 1.49. The fraction of sp³-hybridized carbons (Fsp3) is 0.273. The van der Waals surface area contributed by atoms with Crippen LogP contribution in [0.2, 0.25) is 0 Å². The summed E-state index contributed by atoms with van der Waals surface area (Å²) in [6.45, 7) is 1.65. The van der Waals surface area contributed by atoms with E-state index in [0.29, 0.717) is 5.82 Å². The second kappa shape index (κ2) is 4.98. The van der Waals surface area contributed by atoms with Crippen molar-refractivity contribution in [2.45, 2.75) is 17.9 Å². The lowest BCUT2D eigenvalue weighted by Gasteiger charge is -2.14. The number of aromatic nitrogens is 3. The minimum absolute atomic E-state index is 0.163. The van der Waals surface area contributed by atoms with E-state index in [1.165, 1.54) is 18.5 Å². The second-order valence-corrected chi connectivity index (χ2v) is 5.79. The summed E-state index contributed by atoms with van der Waals surface area (Å²) in [5.74, 6) is 0.194. The van der Waals surface area contributed by atoms with Crippen LogP contribution in [0.1, 0.15) is 18.8 Å². The summed E-state index contributed by atoms with van der Waals surface area (Å²) in [5.41, 5.74) is 0. The molecule has 0 fully saturated rings. The number of rotatable bonds is 4. The Morgan fingerprint density at radius 2 is 2.05 bits per heavy atom. The number of sulfonamides is 1. The molecule has 0 saturated heterocycles. The van der Waals surface area contributed by atoms with E-state index in [1.807, 2.05) is 0 Å². The average Bonchev–Trinajstić information content (AvgIpc) is 2.75. The van der Waals surface area contributed by atoms with Crippen molar-refractivity contribution >= 4 is 10.0 Å². The van der Waals surface area contributed by atoms with Gasteiger partial charge >= 0.3 is 0 Å². The number of phenols is 1. The topological polar surface area (TPSA) is 97.1 Å². The zero-order valence-electron chi connectivity index (χ0n) is 10.5. The van der Waals surface area contributed by atoms with Gasteiger partial charge in [-0.05, 0) is 19.1 Å². The molecule has 1 aromatic heterocycles. The van der Waals surface area contributed by atoms with Crippen LogP contribution in [0, 0.1) is 0 Å². The Bertz CT molecular complexity index is 681. The molecule has 0 bridgehead atoms. The molecule has 0 saturated carbocycles. The normalized spacial score (nSPS) is 13.4. The van der Waals surface area contributed by atoms with E-state index >= 15 is 0 Å². The van der Waals surface area contributed by atoms with Crippen molar-refractivity contribution in [3.05, 3.63) is 36.4 Å². The Morgan fingerprint density at radius 1 is 1.37 bits per heavy atom. The number of para-hydroxylation sites is 1. The molecule has 1 aromatic carbocycles. The lowest BCUT2D eigenvalue weighted by molar-refractivity contribution is 0.457. The smallest absolute Gasteiger partial charge is 0.244 e. The first-order valence-corrected chi connectivity index (χ1v) is 7.04. The quantitative estimate of drug-likeness (QED) is 0.854. The summed E-state index contributed by atoms with van der Waals surface area (Å²) >= 11 is 0. The Morgan fingerprint density at radius 3 is 2.63 bits per heavy atom. The number of hydrogen-bond acceptors (Lipinski definition) is 5. The van der Waals surface area contributed by atoms with Crippen molar-refractivity contribution in [3.63, 3.8) is 0 Å². The first-order chi connectivity index (χ1) is 8.92. The standard InChI is InChI=1S/C11H14N4O3S/c1-8(11-13-12-7-15(11)2)14-19(17,18)10-6-4-3-5-9(10)16/h3-8,14,16H,1-2H3. The second-order valence-electron chi connectivity index (χ2n) is 4.11. The minimum Gasteiger partial charge on any atom is -0.507 e. The van der Waals surface area contributed by atoms with Gasteiger partial charge in [0.2, 0.25) is 10.0 Å². The zero-order chi connectivity index (χ0) is 14.0. The van der Waals surface area contributed by atoms with Crippen LogP contribution in [0.5, 0.6) is 5.75 Å². The van der Waals surface area contributed by atoms with Gasteiger partial charge in [-0.25, -0.2) is 13.1 Å². The molecule has 1 heterocycles. The molecule has 0 spiro atoms. The van der Waals surface area contributed by atoms with E-state index < -0.39 is 16.1 Å². The first-order valence-electron chi connectivity index (χ1n) is 5.56. The maximum atomic E-state index is 12.1. The molecule has 19 heavy (non-hydrogen) atoms. The fourth-order valence-corrected chi connectivity index (χ4v) is 3.02. The van der Waals surface area contributed by atoms with E-state index in [9.17, 15) is 13.5 Å². The molecule has 0 aliphatic carbocycles. The van der Waals surface area contributed by atoms with E-state index in [4.69, 9.17) is 0 Å². The van der Waals surface area contributed by atoms with Crippen molar-refractivity contribution in [1.82, 2.24) is 19.5 Å². The van der Waals surface area contributed by atoms with Crippen LogP contribution in [-0.4, -0.2) is 28.3 Å². The lowest BCUT2D eigenvalue weighted by atomic mass is 10.3. The van der Waals surface area contributed by atoms with E-state index in [2.05, 4.69) is 14.9 Å². The highest BCUT2D eigenvalue weighted by molar-refractivity contribution is 7.89. The monoisotopic (exact) mass is 282 g/mol. The van der Waals surface area contributed by atoms with Gasteiger partial charge in [-0.3, -0.25) is 0 Å². The molecule has 0 aliphatic rings. The molecular formula is C11H14N4O3S. The summed E-state index contributed by atoms with van der Waals surface area (Å²) in [6, 6.07) is 5.20.